The second-order valence-electron chi connectivity index (χ2n) is 7.19. The van der Waals surface area contributed by atoms with Crippen molar-refractivity contribution in [3.8, 4) is 16.9 Å². The van der Waals surface area contributed by atoms with Crippen LogP contribution in [0.3, 0.4) is 0 Å². The van der Waals surface area contributed by atoms with Crippen LogP contribution in [0.4, 0.5) is 0 Å². The average molecular weight is 359 g/mol. The highest BCUT2D eigenvalue weighted by Crippen LogP contribution is 2.28. The zero-order chi connectivity index (χ0) is 18.6. The smallest absolute Gasteiger partial charge is 0.257 e. The quantitative estimate of drug-likeness (QED) is 0.669. The zero-order valence-corrected chi connectivity index (χ0v) is 15.8. The number of benzene rings is 2. The number of amides is 1. The van der Waals surface area contributed by atoms with Gasteiger partial charge in [-0.3, -0.25) is 4.79 Å². The number of carbonyl (C=O) groups is 1. The maximum absolute atomic E-state index is 13.4. The first-order valence-electron chi connectivity index (χ1n) is 9.74. The summed E-state index contributed by atoms with van der Waals surface area (Å²) >= 11 is 0. The van der Waals surface area contributed by atoms with Crippen molar-refractivity contribution in [1.82, 2.24) is 14.7 Å². The molecular weight excluding hydrogens is 334 g/mol. The van der Waals surface area contributed by atoms with Gasteiger partial charge in [-0.2, -0.15) is 5.10 Å². The molecule has 2 heterocycles. The van der Waals surface area contributed by atoms with E-state index >= 15 is 0 Å². The third kappa shape index (κ3) is 3.65. The minimum absolute atomic E-state index is 0.0948. The molecule has 1 aromatic heterocycles. The Labute approximate surface area is 160 Å². The van der Waals surface area contributed by atoms with Crippen LogP contribution >= 0.6 is 0 Å². The maximum Gasteiger partial charge on any atom is 0.257 e. The normalized spacial score (nSPS) is 14.8. The van der Waals surface area contributed by atoms with Gasteiger partial charge in [0.05, 0.1) is 11.3 Å². The number of rotatable bonds is 3. The number of carbonyl (C=O) groups excluding carboxylic acids is 1. The Hall–Kier alpha value is -2.88. The average Bonchev–Trinajstić information content (AvgIpc) is 2.96. The Morgan fingerprint density at radius 1 is 0.889 bits per heavy atom. The standard InChI is InChI=1S/C23H25N3O/c1-18-11-7-8-14-20(18)22-21(23(27)25-15-9-2-3-10-16-25)17-26(24-22)19-12-5-4-6-13-19/h4-8,11-14,17H,2-3,9-10,15-16H2,1H3. The molecule has 0 atom stereocenters. The molecule has 0 radical (unpaired) electrons. The van der Waals surface area contributed by atoms with Crippen LogP contribution in [0.2, 0.25) is 0 Å². The van der Waals surface area contributed by atoms with Crippen LogP contribution in [0.25, 0.3) is 16.9 Å². The Morgan fingerprint density at radius 3 is 2.26 bits per heavy atom. The maximum atomic E-state index is 13.4. The molecule has 0 bridgehead atoms. The Balaban J connectivity index is 1.80. The number of aryl methyl sites for hydroxylation is 1. The van der Waals surface area contributed by atoms with Gasteiger partial charge in [-0.25, -0.2) is 4.68 Å². The highest BCUT2D eigenvalue weighted by atomic mass is 16.2. The van der Waals surface area contributed by atoms with Crippen LogP contribution in [0.1, 0.15) is 41.6 Å². The van der Waals surface area contributed by atoms with Gasteiger partial charge in [0.2, 0.25) is 0 Å². The summed E-state index contributed by atoms with van der Waals surface area (Å²) in [4.78, 5) is 15.4. The van der Waals surface area contributed by atoms with Gasteiger partial charge < -0.3 is 4.90 Å². The number of nitrogens with zero attached hydrogens (tertiary/aromatic N) is 3. The molecule has 1 saturated heterocycles. The molecule has 4 heteroatoms. The number of hydrogen-bond acceptors (Lipinski definition) is 2. The minimum Gasteiger partial charge on any atom is -0.339 e. The molecule has 1 fully saturated rings. The van der Waals surface area contributed by atoms with Crippen LogP contribution in [0, 0.1) is 6.92 Å². The largest absolute Gasteiger partial charge is 0.339 e. The molecule has 0 aliphatic carbocycles. The third-order valence-corrected chi connectivity index (χ3v) is 5.26. The highest BCUT2D eigenvalue weighted by Gasteiger charge is 2.24. The molecular formula is C23H25N3O. The highest BCUT2D eigenvalue weighted by molar-refractivity contribution is 6.00. The Bertz CT molecular complexity index is 922. The van der Waals surface area contributed by atoms with Gasteiger partial charge in [0.1, 0.15) is 5.69 Å². The zero-order valence-electron chi connectivity index (χ0n) is 15.8. The van der Waals surface area contributed by atoms with Gasteiger partial charge in [-0.1, -0.05) is 55.3 Å². The van der Waals surface area contributed by atoms with E-state index in [4.69, 9.17) is 5.10 Å². The topological polar surface area (TPSA) is 38.1 Å². The number of hydrogen-bond donors (Lipinski definition) is 0. The molecule has 1 aliphatic heterocycles. The summed E-state index contributed by atoms with van der Waals surface area (Å²) in [7, 11) is 0. The summed E-state index contributed by atoms with van der Waals surface area (Å²) in [6.07, 6.45) is 6.47. The molecule has 0 unspecified atom stereocenters. The molecule has 2 aromatic carbocycles. The van der Waals surface area contributed by atoms with Gasteiger partial charge >= 0.3 is 0 Å². The van der Waals surface area contributed by atoms with E-state index < -0.39 is 0 Å². The lowest BCUT2D eigenvalue weighted by molar-refractivity contribution is 0.0762. The van der Waals surface area contributed by atoms with E-state index in [0.717, 1.165) is 48.4 Å². The van der Waals surface area contributed by atoms with E-state index in [-0.39, 0.29) is 5.91 Å². The predicted octanol–water partition coefficient (Wildman–Crippen LogP) is 4.86. The fraction of sp³-hybridized carbons (Fsp3) is 0.304. The van der Waals surface area contributed by atoms with Crippen LogP contribution in [-0.2, 0) is 0 Å². The van der Waals surface area contributed by atoms with Crippen molar-refractivity contribution in [2.45, 2.75) is 32.6 Å². The second-order valence-corrected chi connectivity index (χ2v) is 7.19. The van der Waals surface area contributed by atoms with Gasteiger partial charge in [-0.15, -0.1) is 0 Å². The second kappa shape index (κ2) is 7.78. The summed E-state index contributed by atoms with van der Waals surface area (Å²) < 4.78 is 1.83. The van der Waals surface area contributed by atoms with Crippen molar-refractivity contribution in [2.75, 3.05) is 13.1 Å². The minimum atomic E-state index is 0.0948. The summed E-state index contributed by atoms with van der Waals surface area (Å²) in [6, 6.07) is 18.1. The van der Waals surface area contributed by atoms with E-state index in [0.29, 0.717) is 5.56 Å². The molecule has 0 spiro atoms. The van der Waals surface area contributed by atoms with Crippen LogP contribution in [0.15, 0.2) is 60.8 Å². The lowest BCUT2D eigenvalue weighted by Gasteiger charge is -2.20. The molecule has 1 aliphatic rings. The van der Waals surface area contributed by atoms with Crippen molar-refractivity contribution in [3.63, 3.8) is 0 Å². The number of likely N-dealkylation sites (tertiary alicyclic amines) is 1. The summed E-state index contributed by atoms with van der Waals surface area (Å²) in [5, 5.41) is 4.82. The summed E-state index contributed by atoms with van der Waals surface area (Å²) in [5.74, 6) is 0.0948. The van der Waals surface area contributed by atoms with Gasteiger partial charge in [0.25, 0.3) is 5.91 Å². The molecule has 4 nitrogen and oxygen atoms in total. The SMILES string of the molecule is Cc1ccccc1-c1nn(-c2ccccc2)cc1C(=O)N1CCCCCC1. The van der Waals surface area contributed by atoms with E-state index in [2.05, 4.69) is 13.0 Å². The van der Waals surface area contributed by atoms with Crippen molar-refractivity contribution < 1.29 is 4.79 Å². The molecule has 1 amide bonds. The van der Waals surface area contributed by atoms with E-state index in [1.165, 1.54) is 12.8 Å². The first-order valence-corrected chi connectivity index (χ1v) is 9.74. The van der Waals surface area contributed by atoms with Crippen LogP contribution < -0.4 is 0 Å². The molecule has 138 valence electrons. The van der Waals surface area contributed by atoms with Crippen molar-refractivity contribution in [2.24, 2.45) is 0 Å². The first-order chi connectivity index (χ1) is 13.2. The number of para-hydroxylation sites is 1. The van der Waals surface area contributed by atoms with Crippen molar-refractivity contribution in [3.05, 3.63) is 71.9 Å². The predicted molar refractivity (Wildman–Crippen MR) is 108 cm³/mol. The molecule has 0 N–H and O–H groups in total. The lowest BCUT2D eigenvalue weighted by Crippen LogP contribution is -2.32. The molecule has 3 aromatic rings. The van der Waals surface area contributed by atoms with Gasteiger partial charge in [-0.05, 0) is 37.5 Å². The van der Waals surface area contributed by atoms with E-state index in [9.17, 15) is 4.79 Å². The molecule has 0 saturated carbocycles. The van der Waals surface area contributed by atoms with Crippen LogP contribution in [-0.4, -0.2) is 33.7 Å². The molecule has 4 rings (SSSR count). The lowest BCUT2D eigenvalue weighted by atomic mass is 10.0. The monoisotopic (exact) mass is 359 g/mol. The van der Waals surface area contributed by atoms with Gasteiger partial charge in [0, 0.05) is 24.8 Å². The van der Waals surface area contributed by atoms with Crippen LogP contribution in [0.5, 0.6) is 0 Å². The fourth-order valence-electron chi connectivity index (χ4n) is 3.73. The van der Waals surface area contributed by atoms with E-state index in [1.807, 2.05) is 64.3 Å². The summed E-state index contributed by atoms with van der Waals surface area (Å²) in [5.41, 5.74) is 4.56. The first kappa shape index (κ1) is 17.5. The third-order valence-electron chi connectivity index (χ3n) is 5.26. The van der Waals surface area contributed by atoms with Crippen molar-refractivity contribution in [1.29, 1.82) is 0 Å². The summed E-state index contributed by atoms with van der Waals surface area (Å²) in [6.45, 7) is 3.74. The number of aromatic nitrogens is 2. The van der Waals surface area contributed by atoms with Crippen molar-refractivity contribution >= 4 is 5.91 Å². The Morgan fingerprint density at radius 2 is 1.56 bits per heavy atom. The van der Waals surface area contributed by atoms with E-state index in [1.54, 1.807) is 0 Å². The molecule has 27 heavy (non-hydrogen) atoms. The van der Waals surface area contributed by atoms with Gasteiger partial charge in [0.15, 0.2) is 0 Å². The fourth-order valence-corrected chi connectivity index (χ4v) is 3.73. The Kier molecular flexibility index (Phi) is 5.05.